The number of hydrogen-bond donors (Lipinski definition) is 5. The summed E-state index contributed by atoms with van der Waals surface area (Å²) >= 11 is 1.89. The number of thioether (sulfide) groups is 1. The third-order valence-corrected chi connectivity index (χ3v) is 10.4. The summed E-state index contributed by atoms with van der Waals surface area (Å²) in [5.74, 6) is 0.809. The van der Waals surface area contributed by atoms with Gasteiger partial charge in [-0.2, -0.15) is 11.8 Å². The van der Waals surface area contributed by atoms with E-state index in [0.29, 0.717) is 76.0 Å². The van der Waals surface area contributed by atoms with Gasteiger partial charge in [-0.15, -0.1) is 0 Å². The van der Waals surface area contributed by atoms with E-state index in [-0.39, 0.29) is 60.6 Å². The van der Waals surface area contributed by atoms with Gasteiger partial charge in [-0.25, -0.2) is 9.78 Å². The highest BCUT2D eigenvalue weighted by Crippen LogP contribution is 2.35. The van der Waals surface area contributed by atoms with Crippen LogP contribution >= 0.6 is 11.8 Å². The fourth-order valence-corrected chi connectivity index (χ4v) is 7.81. The number of hydrogen-bond acceptors (Lipinski definition) is 10. The van der Waals surface area contributed by atoms with Crippen molar-refractivity contribution in [1.29, 1.82) is 0 Å². The number of carbonyl (C=O) groups is 4. The number of carbonyl (C=O) groups excluding carboxylic acids is 4. The molecule has 49 heavy (non-hydrogen) atoms. The zero-order chi connectivity index (χ0) is 35.0. The van der Waals surface area contributed by atoms with Crippen molar-refractivity contribution in [2.45, 2.75) is 101 Å². The summed E-state index contributed by atoms with van der Waals surface area (Å²) < 4.78 is 24.4. The molecular weight excluding hydrogens is 654 g/mol. The smallest absolute Gasteiger partial charge is 0.315 e. The van der Waals surface area contributed by atoms with E-state index in [1.54, 1.807) is 19.4 Å². The van der Waals surface area contributed by atoms with Crippen molar-refractivity contribution in [2.75, 3.05) is 58.5 Å². The lowest BCUT2D eigenvalue weighted by Gasteiger charge is -2.16. The second-order valence-electron chi connectivity index (χ2n) is 13.0. The SMILES string of the molecule is CC[C@@H]1CC(C)[C@H](n2cnc(C(=O)N[C@H](C)CC(=O)NCCOCCOCCOCCNC(=O)CCCCC3SCC4NC(=O)NC43)c2)O1. The lowest BCUT2D eigenvalue weighted by Crippen LogP contribution is -2.38. The molecular formula is C33H55N7O8S. The van der Waals surface area contributed by atoms with Crippen molar-refractivity contribution >= 4 is 35.5 Å². The zero-order valence-electron chi connectivity index (χ0n) is 29.1. The van der Waals surface area contributed by atoms with Crippen LogP contribution in [0.3, 0.4) is 0 Å². The van der Waals surface area contributed by atoms with Crippen LogP contribution in [0.2, 0.25) is 0 Å². The van der Waals surface area contributed by atoms with Gasteiger partial charge < -0.3 is 50.1 Å². The molecule has 3 fully saturated rings. The van der Waals surface area contributed by atoms with E-state index in [9.17, 15) is 19.2 Å². The number of nitrogens with one attached hydrogen (secondary N) is 5. The molecule has 3 saturated heterocycles. The largest absolute Gasteiger partial charge is 0.377 e. The van der Waals surface area contributed by atoms with Gasteiger partial charge in [0.2, 0.25) is 11.8 Å². The number of nitrogens with zero attached hydrogens (tertiary/aromatic N) is 2. The third kappa shape index (κ3) is 13.0. The first-order valence-electron chi connectivity index (χ1n) is 17.7. The minimum absolute atomic E-state index is 0.0245. The lowest BCUT2D eigenvalue weighted by atomic mass is 10.0. The monoisotopic (exact) mass is 709 g/mol. The van der Waals surface area contributed by atoms with Crippen LogP contribution in [0.5, 0.6) is 0 Å². The molecule has 1 aromatic heterocycles. The molecule has 0 aliphatic carbocycles. The van der Waals surface area contributed by atoms with Gasteiger partial charge in [0, 0.05) is 55.1 Å². The maximum absolute atomic E-state index is 12.6. The molecule has 4 unspecified atom stereocenters. The molecule has 15 nitrogen and oxygen atoms in total. The highest BCUT2D eigenvalue weighted by Gasteiger charge is 2.42. The van der Waals surface area contributed by atoms with Gasteiger partial charge >= 0.3 is 6.03 Å². The van der Waals surface area contributed by atoms with Crippen LogP contribution < -0.4 is 26.6 Å². The van der Waals surface area contributed by atoms with Crippen molar-refractivity contribution in [1.82, 2.24) is 36.1 Å². The normalized spacial score (nSPS) is 25.0. The predicted octanol–water partition coefficient (Wildman–Crippen LogP) is 1.73. The second-order valence-corrected chi connectivity index (χ2v) is 14.2. The van der Waals surface area contributed by atoms with Gasteiger partial charge in [0.15, 0.2) is 0 Å². The molecule has 16 heteroatoms. The quantitative estimate of drug-likeness (QED) is 0.0829. The number of amides is 5. The summed E-state index contributed by atoms with van der Waals surface area (Å²) in [4.78, 5) is 52.7. The van der Waals surface area contributed by atoms with Crippen molar-refractivity contribution in [3.05, 3.63) is 18.2 Å². The minimum Gasteiger partial charge on any atom is -0.377 e. The molecule has 4 heterocycles. The lowest BCUT2D eigenvalue weighted by molar-refractivity contribution is -0.122. The molecule has 0 aromatic carbocycles. The maximum Gasteiger partial charge on any atom is 0.315 e. The van der Waals surface area contributed by atoms with Gasteiger partial charge in [-0.1, -0.05) is 20.3 Å². The van der Waals surface area contributed by atoms with Crippen LogP contribution in [-0.4, -0.2) is 121 Å². The number of ether oxygens (including phenoxy) is 4. The van der Waals surface area contributed by atoms with Crippen LogP contribution in [-0.2, 0) is 28.5 Å². The Balaban J connectivity index is 0.897. The molecule has 0 spiro atoms. The summed E-state index contributed by atoms with van der Waals surface area (Å²) in [7, 11) is 0. The highest BCUT2D eigenvalue weighted by atomic mass is 32.2. The molecule has 276 valence electrons. The maximum atomic E-state index is 12.6. The molecule has 0 saturated carbocycles. The first-order valence-corrected chi connectivity index (χ1v) is 18.7. The molecule has 1 aromatic rings. The van der Waals surface area contributed by atoms with E-state index in [1.807, 2.05) is 16.3 Å². The molecule has 3 aliphatic heterocycles. The van der Waals surface area contributed by atoms with Gasteiger partial charge in [0.25, 0.3) is 5.91 Å². The Bertz CT molecular complexity index is 1210. The van der Waals surface area contributed by atoms with E-state index in [1.165, 1.54) is 0 Å². The van der Waals surface area contributed by atoms with E-state index in [4.69, 9.17) is 18.9 Å². The molecule has 0 bridgehead atoms. The van der Waals surface area contributed by atoms with Gasteiger partial charge in [-0.05, 0) is 32.6 Å². The first-order chi connectivity index (χ1) is 23.7. The first kappa shape index (κ1) is 38.9. The molecule has 0 radical (unpaired) electrons. The number of unbranched alkanes of at least 4 members (excludes halogenated alkanes) is 1. The van der Waals surface area contributed by atoms with Crippen LogP contribution in [0.25, 0.3) is 0 Å². The second kappa shape index (κ2) is 20.7. The standard InChI is InChI=1S/C33H55N7O8S/c1-4-24-17-22(2)32(48-24)40-19-25(36-21-40)31(43)37-23(3)18-29(42)35-10-12-46-14-16-47-15-13-45-11-9-34-28(41)8-6-5-7-27-30-26(20-49-27)38-33(44)39-30/h19,21-24,26-27,30,32H,4-18,20H2,1-3H3,(H,34,41)(H,35,42)(H,37,43)(H2,38,39,44)/t22?,23-,24-,26?,27?,30?,32-/m1/s1. The minimum atomic E-state index is -0.362. The molecule has 4 rings (SSSR count). The van der Waals surface area contributed by atoms with Crippen LogP contribution in [0.4, 0.5) is 4.79 Å². The average molecular weight is 710 g/mol. The number of fused-ring (bicyclic) bond motifs is 1. The fraction of sp³-hybridized carbons (Fsp3) is 0.788. The Labute approximate surface area is 293 Å². The van der Waals surface area contributed by atoms with Crippen molar-refractivity contribution in [3.63, 3.8) is 0 Å². The number of aromatic nitrogens is 2. The van der Waals surface area contributed by atoms with E-state index in [2.05, 4.69) is 45.4 Å². The summed E-state index contributed by atoms with van der Waals surface area (Å²) in [6.45, 7) is 9.23. The topological polar surface area (TPSA) is 183 Å². The van der Waals surface area contributed by atoms with Crippen LogP contribution in [0, 0.1) is 5.92 Å². The van der Waals surface area contributed by atoms with Gasteiger partial charge in [-0.3, -0.25) is 14.4 Å². The molecule has 7 atom stereocenters. The third-order valence-electron chi connectivity index (χ3n) is 8.87. The van der Waals surface area contributed by atoms with Gasteiger partial charge in [0.05, 0.1) is 64.2 Å². The Kier molecular flexibility index (Phi) is 16.4. The summed E-state index contributed by atoms with van der Waals surface area (Å²) in [6, 6.07) is 0.0163. The summed E-state index contributed by atoms with van der Waals surface area (Å²) in [5, 5.41) is 14.9. The Hall–Kier alpha value is -2.92. The van der Waals surface area contributed by atoms with Crippen molar-refractivity contribution in [3.8, 4) is 0 Å². The fourth-order valence-electron chi connectivity index (χ4n) is 6.27. The number of imidazole rings is 1. The Morgan fingerprint density at radius 1 is 1.04 bits per heavy atom. The van der Waals surface area contributed by atoms with Gasteiger partial charge in [0.1, 0.15) is 11.9 Å². The van der Waals surface area contributed by atoms with Crippen LogP contribution in [0.1, 0.15) is 82.4 Å². The van der Waals surface area contributed by atoms with E-state index < -0.39 is 0 Å². The zero-order valence-corrected chi connectivity index (χ0v) is 29.9. The van der Waals surface area contributed by atoms with Crippen LogP contribution in [0.15, 0.2) is 12.5 Å². The Morgan fingerprint density at radius 2 is 1.73 bits per heavy atom. The predicted molar refractivity (Wildman–Crippen MR) is 184 cm³/mol. The number of rotatable bonds is 23. The molecule has 3 aliphatic rings. The van der Waals surface area contributed by atoms with Crippen molar-refractivity contribution < 1.29 is 38.1 Å². The van der Waals surface area contributed by atoms with E-state index >= 15 is 0 Å². The Morgan fingerprint density at radius 3 is 2.43 bits per heavy atom. The summed E-state index contributed by atoms with van der Waals surface area (Å²) in [5.41, 5.74) is 0.296. The van der Waals surface area contributed by atoms with Crippen molar-refractivity contribution in [2.24, 2.45) is 5.92 Å². The summed E-state index contributed by atoms with van der Waals surface area (Å²) in [6.07, 6.45) is 8.78. The average Bonchev–Trinajstić information content (AvgIpc) is 3.86. The molecule has 5 amide bonds. The number of urea groups is 1. The highest BCUT2D eigenvalue weighted by molar-refractivity contribution is 8.00. The van der Waals surface area contributed by atoms with E-state index in [0.717, 1.165) is 37.9 Å². The molecule has 5 N–H and O–H groups in total.